The van der Waals surface area contributed by atoms with E-state index in [9.17, 15) is 9.59 Å². The summed E-state index contributed by atoms with van der Waals surface area (Å²) < 4.78 is 0. The van der Waals surface area contributed by atoms with Crippen molar-refractivity contribution < 1.29 is 9.59 Å². The third kappa shape index (κ3) is 4.29. The average molecular weight is 289 g/mol. The Kier molecular flexibility index (Phi) is 5.75. The van der Waals surface area contributed by atoms with E-state index in [-0.39, 0.29) is 23.7 Å². The third-order valence-corrected chi connectivity index (χ3v) is 3.79. The molecule has 1 saturated heterocycles. The van der Waals surface area contributed by atoms with Crippen LogP contribution in [0.2, 0.25) is 0 Å². The Morgan fingerprint density at radius 1 is 1.10 bits per heavy atom. The summed E-state index contributed by atoms with van der Waals surface area (Å²) in [5, 5.41) is 8.87. The molecule has 5 nitrogen and oxygen atoms in total. The van der Waals surface area contributed by atoms with Crippen LogP contribution in [0.1, 0.15) is 12.5 Å². The van der Waals surface area contributed by atoms with Crippen molar-refractivity contribution in [1.29, 1.82) is 0 Å². The molecule has 1 aromatic carbocycles. The van der Waals surface area contributed by atoms with Gasteiger partial charge in [-0.2, -0.15) is 0 Å². The van der Waals surface area contributed by atoms with Crippen molar-refractivity contribution in [3.63, 3.8) is 0 Å². The molecule has 2 rings (SSSR count). The van der Waals surface area contributed by atoms with Crippen LogP contribution in [0.3, 0.4) is 0 Å². The maximum Gasteiger partial charge on any atom is 0.225 e. The van der Waals surface area contributed by atoms with E-state index in [0.29, 0.717) is 26.2 Å². The molecule has 0 spiro atoms. The van der Waals surface area contributed by atoms with Gasteiger partial charge in [-0.15, -0.1) is 0 Å². The van der Waals surface area contributed by atoms with E-state index in [1.807, 2.05) is 37.3 Å². The van der Waals surface area contributed by atoms with Gasteiger partial charge in [-0.1, -0.05) is 30.3 Å². The van der Waals surface area contributed by atoms with Crippen LogP contribution in [0.25, 0.3) is 0 Å². The molecular weight excluding hydrogens is 266 g/mol. The summed E-state index contributed by atoms with van der Waals surface area (Å²) in [6.07, 6.45) is 0.804. The second kappa shape index (κ2) is 7.78. The number of amides is 2. The van der Waals surface area contributed by atoms with Gasteiger partial charge in [0.25, 0.3) is 0 Å². The van der Waals surface area contributed by atoms with Crippen molar-refractivity contribution in [3.8, 4) is 0 Å². The highest BCUT2D eigenvalue weighted by Crippen LogP contribution is 2.17. The third-order valence-electron chi connectivity index (χ3n) is 3.79. The molecule has 1 aliphatic heterocycles. The van der Waals surface area contributed by atoms with Crippen LogP contribution in [-0.2, 0) is 16.0 Å². The Balaban J connectivity index is 1.80. The van der Waals surface area contributed by atoms with Crippen LogP contribution in [0, 0.1) is 11.8 Å². The first kappa shape index (κ1) is 15.5. The minimum absolute atomic E-state index is 0.0350. The number of hydrogen-bond acceptors (Lipinski definition) is 3. The predicted octanol–water partition coefficient (Wildman–Crippen LogP) is 0.317. The molecule has 0 saturated carbocycles. The lowest BCUT2D eigenvalue weighted by Crippen LogP contribution is -2.42. The van der Waals surface area contributed by atoms with Crippen LogP contribution in [0.5, 0.6) is 0 Å². The maximum atomic E-state index is 12.2. The van der Waals surface area contributed by atoms with Crippen molar-refractivity contribution in [2.24, 2.45) is 11.8 Å². The molecule has 0 aliphatic carbocycles. The summed E-state index contributed by atoms with van der Waals surface area (Å²) in [4.78, 5) is 24.1. The topological polar surface area (TPSA) is 70.2 Å². The van der Waals surface area contributed by atoms with E-state index in [0.717, 1.165) is 6.42 Å². The quantitative estimate of drug-likeness (QED) is 0.706. The first-order valence-electron chi connectivity index (χ1n) is 7.52. The summed E-state index contributed by atoms with van der Waals surface area (Å²) >= 11 is 0. The number of rotatable bonds is 6. The van der Waals surface area contributed by atoms with Crippen molar-refractivity contribution in [1.82, 2.24) is 16.0 Å². The van der Waals surface area contributed by atoms with E-state index in [1.165, 1.54) is 5.56 Å². The van der Waals surface area contributed by atoms with Crippen molar-refractivity contribution in [2.45, 2.75) is 13.3 Å². The molecule has 1 aliphatic rings. The van der Waals surface area contributed by atoms with Crippen LogP contribution in [0.4, 0.5) is 0 Å². The molecule has 21 heavy (non-hydrogen) atoms. The van der Waals surface area contributed by atoms with Gasteiger partial charge in [0.1, 0.15) is 0 Å². The zero-order valence-electron chi connectivity index (χ0n) is 12.4. The Morgan fingerprint density at radius 3 is 2.33 bits per heavy atom. The second-order valence-corrected chi connectivity index (χ2v) is 5.29. The molecule has 1 aromatic rings. The van der Waals surface area contributed by atoms with Gasteiger partial charge < -0.3 is 16.0 Å². The van der Waals surface area contributed by atoms with Crippen LogP contribution in [0.15, 0.2) is 30.3 Å². The number of carbonyl (C=O) groups excluding carboxylic acids is 2. The molecule has 0 aromatic heterocycles. The van der Waals surface area contributed by atoms with Gasteiger partial charge in [-0.25, -0.2) is 0 Å². The molecule has 114 valence electrons. The number of carbonyl (C=O) groups is 2. The van der Waals surface area contributed by atoms with Crippen molar-refractivity contribution in [2.75, 3.05) is 26.2 Å². The molecule has 5 heteroatoms. The van der Waals surface area contributed by atoms with Crippen LogP contribution < -0.4 is 16.0 Å². The fourth-order valence-corrected chi connectivity index (χ4v) is 2.64. The average Bonchev–Trinajstić information content (AvgIpc) is 2.98. The van der Waals surface area contributed by atoms with Crippen LogP contribution >= 0.6 is 0 Å². The van der Waals surface area contributed by atoms with Gasteiger partial charge in [0.2, 0.25) is 11.8 Å². The van der Waals surface area contributed by atoms with E-state index in [4.69, 9.17) is 0 Å². The van der Waals surface area contributed by atoms with Gasteiger partial charge in [0, 0.05) is 26.2 Å². The molecule has 3 N–H and O–H groups in total. The van der Waals surface area contributed by atoms with Crippen molar-refractivity contribution >= 4 is 11.8 Å². The zero-order valence-corrected chi connectivity index (χ0v) is 12.4. The minimum Gasteiger partial charge on any atom is -0.356 e. The predicted molar refractivity (Wildman–Crippen MR) is 81.7 cm³/mol. The fourth-order valence-electron chi connectivity index (χ4n) is 2.64. The summed E-state index contributed by atoms with van der Waals surface area (Å²) in [5.74, 6) is -0.605. The Bertz CT molecular complexity index is 476. The summed E-state index contributed by atoms with van der Waals surface area (Å²) in [6.45, 7) is 4.22. The normalized spacial score (nSPS) is 21.0. The maximum absolute atomic E-state index is 12.2. The number of hydrogen-bond donors (Lipinski definition) is 3. The van der Waals surface area contributed by atoms with Gasteiger partial charge in [0.15, 0.2) is 0 Å². The minimum atomic E-state index is -0.271. The Labute approximate surface area is 125 Å². The zero-order chi connectivity index (χ0) is 15.1. The summed E-state index contributed by atoms with van der Waals surface area (Å²) in [7, 11) is 0. The van der Waals surface area contributed by atoms with Gasteiger partial charge in [0.05, 0.1) is 11.8 Å². The lowest BCUT2D eigenvalue weighted by molar-refractivity contribution is -0.132. The monoisotopic (exact) mass is 289 g/mol. The SMILES string of the molecule is CCNC(=O)C1CNCC1C(=O)NCCc1ccccc1. The number of benzene rings is 1. The van der Waals surface area contributed by atoms with E-state index in [2.05, 4.69) is 16.0 Å². The van der Waals surface area contributed by atoms with Gasteiger partial charge in [-0.05, 0) is 18.9 Å². The largest absolute Gasteiger partial charge is 0.356 e. The molecule has 2 amide bonds. The van der Waals surface area contributed by atoms with E-state index in [1.54, 1.807) is 0 Å². The van der Waals surface area contributed by atoms with E-state index >= 15 is 0 Å². The Hall–Kier alpha value is -1.88. The second-order valence-electron chi connectivity index (χ2n) is 5.29. The first-order valence-corrected chi connectivity index (χ1v) is 7.52. The summed E-state index contributed by atoms with van der Waals surface area (Å²) in [5.41, 5.74) is 1.20. The molecule has 1 heterocycles. The number of nitrogens with one attached hydrogen (secondary N) is 3. The van der Waals surface area contributed by atoms with Gasteiger partial charge in [-0.3, -0.25) is 9.59 Å². The molecule has 1 fully saturated rings. The highest BCUT2D eigenvalue weighted by Gasteiger charge is 2.37. The first-order chi connectivity index (χ1) is 10.2. The molecular formula is C16H23N3O2. The van der Waals surface area contributed by atoms with E-state index < -0.39 is 0 Å². The molecule has 0 bridgehead atoms. The fraction of sp³-hybridized carbons (Fsp3) is 0.500. The summed E-state index contributed by atoms with van der Waals surface area (Å²) in [6, 6.07) is 10.0. The highest BCUT2D eigenvalue weighted by atomic mass is 16.2. The lowest BCUT2D eigenvalue weighted by Gasteiger charge is -2.17. The smallest absolute Gasteiger partial charge is 0.225 e. The Morgan fingerprint density at radius 2 is 1.71 bits per heavy atom. The lowest BCUT2D eigenvalue weighted by atomic mass is 9.94. The van der Waals surface area contributed by atoms with Crippen molar-refractivity contribution in [3.05, 3.63) is 35.9 Å². The molecule has 2 atom stereocenters. The van der Waals surface area contributed by atoms with Crippen LogP contribution in [-0.4, -0.2) is 38.0 Å². The highest BCUT2D eigenvalue weighted by molar-refractivity contribution is 5.88. The molecule has 0 radical (unpaired) electrons. The van der Waals surface area contributed by atoms with Gasteiger partial charge >= 0.3 is 0 Å². The molecule has 2 unspecified atom stereocenters. The standard InChI is InChI=1S/C16H23N3O2/c1-2-18-15(20)13-10-17-11-14(13)16(21)19-9-8-12-6-4-3-5-7-12/h3-7,13-14,17H,2,8-11H2,1H3,(H,18,20)(H,19,21).